The molecule has 1 aliphatic heterocycles. The molecule has 6 nitrogen and oxygen atoms in total. The summed E-state index contributed by atoms with van der Waals surface area (Å²) in [6.45, 7) is 2.12. The number of hydrogen-bond donors (Lipinski definition) is 2. The molecule has 0 unspecified atom stereocenters. The first-order chi connectivity index (χ1) is 9.79. The van der Waals surface area contributed by atoms with Gasteiger partial charge in [0, 0.05) is 26.8 Å². The van der Waals surface area contributed by atoms with Gasteiger partial charge in [0.2, 0.25) is 6.79 Å². The Morgan fingerprint density at radius 3 is 2.90 bits per heavy atom. The molecule has 0 bridgehead atoms. The Bertz CT molecular complexity index is 451. The van der Waals surface area contributed by atoms with Crippen molar-refractivity contribution in [3.63, 3.8) is 0 Å². The zero-order valence-electron chi connectivity index (χ0n) is 11.6. The van der Waals surface area contributed by atoms with Crippen molar-refractivity contribution in [3.8, 4) is 11.5 Å². The third-order valence-electron chi connectivity index (χ3n) is 2.95. The summed E-state index contributed by atoms with van der Waals surface area (Å²) in [4.78, 5) is 11.5. The predicted molar refractivity (Wildman–Crippen MR) is 74.2 cm³/mol. The van der Waals surface area contributed by atoms with Gasteiger partial charge in [0.15, 0.2) is 11.5 Å². The van der Waals surface area contributed by atoms with Gasteiger partial charge < -0.3 is 24.8 Å². The van der Waals surface area contributed by atoms with Crippen LogP contribution in [0.4, 0.5) is 4.79 Å². The van der Waals surface area contributed by atoms with E-state index in [1.807, 2.05) is 18.2 Å². The Hall–Kier alpha value is -1.95. The van der Waals surface area contributed by atoms with Crippen LogP contribution in [-0.4, -0.2) is 39.6 Å². The van der Waals surface area contributed by atoms with Crippen molar-refractivity contribution in [1.29, 1.82) is 0 Å². The number of amides is 2. The van der Waals surface area contributed by atoms with E-state index in [1.54, 1.807) is 7.11 Å². The van der Waals surface area contributed by atoms with Gasteiger partial charge >= 0.3 is 6.03 Å². The first-order valence-corrected chi connectivity index (χ1v) is 6.69. The van der Waals surface area contributed by atoms with Crippen LogP contribution in [0.1, 0.15) is 12.0 Å². The molecule has 0 spiro atoms. The molecule has 1 aliphatic rings. The van der Waals surface area contributed by atoms with E-state index in [2.05, 4.69) is 10.6 Å². The maximum Gasteiger partial charge on any atom is 0.314 e. The molecule has 1 aromatic rings. The summed E-state index contributed by atoms with van der Waals surface area (Å²) < 4.78 is 15.5. The average molecular weight is 280 g/mol. The molecule has 0 aromatic heterocycles. The molecule has 110 valence electrons. The zero-order chi connectivity index (χ0) is 14.2. The first kappa shape index (κ1) is 14.5. The normalized spacial score (nSPS) is 12.2. The Morgan fingerprint density at radius 1 is 1.25 bits per heavy atom. The average Bonchev–Trinajstić information content (AvgIpc) is 2.91. The van der Waals surface area contributed by atoms with Gasteiger partial charge in [0.25, 0.3) is 0 Å². The van der Waals surface area contributed by atoms with Crippen LogP contribution < -0.4 is 20.1 Å². The quantitative estimate of drug-likeness (QED) is 0.739. The van der Waals surface area contributed by atoms with Crippen molar-refractivity contribution in [1.82, 2.24) is 10.6 Å². The second kappa shape index (κ2) is 7.59. The zero-order valence-corrected chi connectivity index (χ0v) is 11.6. The Balaban J connectivity index is 1.64. The molecule has 0 saturated carbocycles. The first-order valence-electron chi connectivity index (χ1n) is 6.69. The highest BCUT2D eigenvalue weighted by Crippen LogP contribution is 2.32. The van der Waals surface area contributed by atoms with Crippen LogP contribution in [0.25, 0.3) is 0 Å². The fourth-order valence-electron chi connectivity index (χ4n) is 1.90. The monoisotopic (exact) mass is 280 g/mol. The number of rotatable bonds is 7. The number of urea groups is 1. The van der Waals surface area contributed by atoms with Crippen molar-refractivity contribution in [2.24, 2.45) is 0 Å². The molecule has 0 fully saturated rings. The minimum absolute atomic E-state index is 0.151. The van der Waals surface area contributed by atoms with Crippen LogP contribution in [0.2, 0.25) is 0 Å². The van der Waals surface area contributed by atoms with Gasteiger partial charge in [-0.05, 0) is 30.5 Å². The molecule has 20 heavy (non-hydrogen) atoms. The van der Waals surface area contributed by atoms with Gasteiger partial charge in [-0.1, -0.05) is 6.07 Å². The lowest BCUT2D eigenvalue weighted by Crippen LogP contribution is -2.37. The number of hydrogen-bond acceptors (Lipinski definition) is 4. The summed E-state index contributed by atoms with van der Waals surface area (Å²) in [5, 5.41) is 5.58. The minimum atomic E-state index is -0.151. The van der Waals surface area contributed by atoms with E-state index in [0.717, 1.165) is 29.9 Å². The van der Waals surface area contributed by atoms with Crippen molar-refractivity contribution >= 4 is 6.03 Å². The third-order valence-corrected chi connectivity index (χ3v) is 2.95. The van der Waals surface area contributed by atoms with Gasteiger partial charge in [0.1, 0.15) is 0 Å². The molecule has 1 aromatic carbocycles. The van der Waals surface area contributed by atoms with Crippen LogP contribution in [0.5, 0.6) is 11.5 Å². The molecule has 2 rings (SSSR count). The maximum atomic E-state index is 11.5. The second-order valence-corrected chi connectivity index (χ2v) is 4.47. The fourth-order valence-corrected chi connectivity index (χ4v) is 1.90. The van der Waals surface area contributed by atoms with E-state index in [1.165, 1.54) is 0 Å². The smallest absolute Gasteiger partial charge is 0.314 e. The van der Waals surface area contributed by atoms with Gasteiger partial charge in [-0.2, -0.15) is 0 Å². The fraction of sp³-hybridized carbons (Fsp3) is 0.500. The van der Waals surface area contributed by atoms with Crippen LogP contribution in [0.3, 0.4) is 0 Å². The molecule has 6 heteroatoms. The van der Waals surface area contributed by atoms with Crippen LogP contribution in [0, 0.1) is 0 Å². The van der Waals surface area contributed by atoms with Crippen LogP contribution in [-0.2, 0) is 11.2 Å². The van der Waals surface area contributed by atoms with E-state index >= 15 is 0 Å². The molecule has 0 radical (unpaired) electrons. The van der Waals surface area contributed by atoms with E-state index in [-0.39, 0.29) is 12.8 Å². The largest absolute Gasteiger partial charge is 0.454 e. The number of fused-ring (bicyclic) bond motifs is 1. The Kier molecular flexibility index (Phi) is 5.49. The molecule has 2 amide bonds. The van der Waals surface area contributed by atoms with Gasteiger partial charge in [-0.25, -0.2) is 4.79 Å². The summed E-state index contributed by atoms with van der Waals surface area (Å²) >= 11 is 0. The number of ether oxygens (including phenoxy) is 3. The van der Waals surface area contributed by atoms with Gasteiger partial charge in [0.05, 0.1) is 0 Å². The molecule has 1 heterocycles. The summed E-state index contributed by atoms with van der Waals surface area (Å²) in [5.41, 5.74) is 1.11. The highest BCUT2D eigenvalue weighted by atomic mass is 16.7. The Labute approximate surface area is 118 Å². The van der Waals surface area contributed by atoms with E-state index in [0.29, 0.717) is 19.7 Å². The lowest BCUT2D eigenvalue weighted by Gasteiger charge is -2.07. The van der Waals surface area contributed by atoms with E-state index in [9.17, 15) is 4.79 Å². The van der Waals surface area contributed by atoms with Crippen molar-refractivity contribution < 1.29 is 19.0 Å². The van der Waals surface area contributed by atoms with Crippen molar-refractivity contribution in [2.75, 3.05) is 33.6 Å². The van der Waals surface area contributed by atoms with E-state index in [4.69, 9.17) is 14.2 Å². The van der Waals surface area contributed by atoms with Crippen LogP contribution in [0.15, 0.2) is 18.2 Å². The van der Waals surface area contributed by atoms with Gasteiger partial charge in [-0.15, -0.1) is 0 Å². The lowest BCUT2D eigenvalue weighted by molar-refractivity contribution is 0.174. The topological polar surface area (TPSA) is 68.8 Å². The van der Waals surface area contributed by atoms with Gasteiger partial charge in [-0.3, -0.25) is 0 Å². The summed E-state index contributed by atoms with van der Waals surface area (Å²) in [6, 6.07) is 5.66. The molecular formula is C14H20N2O4. The van der Waals surface area contributed by atoms with Crippen molar-refractivity contribution in [2.45, 2.75) is 12.8 Å². The summed E-state index contributed by atoms with van der Waals surface area (Å²) in [6.07, 6.45) is 1.56. The lowest BCUT2D eigenvalue weighted by atomic mass is 10.1. The minimum Gasteiger partial charge on any atom is -0.454 e. The molecule has 0 saturated heterocycles. The highest BCUT2D eigenvalue weighted by Gasteiger charge is 2.12. The highest BCUT2D eigenvalue weighted by molar-refractivity contribution is 5.73. The number of benzene rings is 1. The standard InChI is InChI=1S/C14H20N2O4/c1-18-8-2-6-15-14(17)16-7-5-11-3-4-12-13(9-11)20-10-19-12/h3-4,9H,2,5-8,10H2,1H3,(H2,15,16,17). The number of methoxy groups -OCH3 is 1. The summed E-state index contributed by atoms with van der Waals surface area (Å²) in [5.74, 6) is 1.55. The van der Waals surface area contributed by atoms with Crippen LogP contribution >= 0.6 is 0 Å². The molecular weight excluding hydrogens is 260 g/mol. The van der Waals surface area contributed by atoms with Crippen molar-refractivity contribution in [3.05, 3.63) is 23.8 Å². The molecule has 0 aliphatic carbocycles. The van der Waals surface area contributed by atoms with E-state index < -0.39 is 0 Å². The SMILES string of the molecule is COCCCNC(=O)NCCc1ccc2c(c1)OCO2. The number of carbonyl (C=O) groups excluding carboxylic acids is 1. The third kappa shape index (κ3) is 4.31. The maximum absolute atomic E-state index is 11.5. The predicted octanol–water partition coefficient (Wildman–Crippen LogP) is 1.29. The number of nitrogens with one attached hydrogen (secondary N) is 2. The molecule has 0 atom stereocenters. The second-order valence-electron chi connectivity index (χ2n) is 4.47. The molecule has 2 N–H and O–H groups in total. The summed E-state index contributed by atoms with van der Waals surface area (Å²) in [7, 11) is 1.64. The Morgan fingerprint density at radius 2 is 2.05 bits per heavy atom. The number of carbonyl (C=O) groups is 1.